The zero-order valence-corrected chi connectivity index (χ0v) is 15.2. The molecule has 2 heterocycles. The van der Waals surface area contributed by atoms with Gasteiger partial charge in [-0.1, -0.05) is 29.3 Å². The minimum atomic E-state index is -1.75. The Balaban J connectivity index is 2.02. The molecule has 2 aliphatic heterocycles. The third-order valence-corrected chi connectivity index (χ3v) is 4.95. The van der Waals surface area contributed by atoms with Crippen molar-refractivity contribution in [3.05, 3.63) is 45.6 Å². The maximum atomic E-state index is 12.3. The summed E-state index contributed by atoms with van der Waals surface area (Å²) in [6, 6.07) is 4.70. The average Bonchev–Trinajstić information content (AvgIpc) is 2.78. The number of amides is 1. The fraction of sp³-hybridized carbons (Fsp3) is 0.353. The predicted octanol–water partition coefficient (Wildman–Crippen LogP) is 2.39. The number of hydrogen-bond donors (Lipinski definition) is 1. The molecule has 0 saturated carbocycles. The van der Waals surface area contributed by atoms with E-state index in [-0.39, 0.29) is 36.1 Å². The molecule has 2 aliphatic rings. The highest BCUT2D eigenvalue weighted by Crippen LogP contribution is 2.46. The number of carbonyl (C=O) groups is 3. The van der Waals surface area contributed by atoms with Crippen LogP contribution in [0.2, 0.25) is 10.0 Å². The molecule has 1 aromatic carbocycles. The highest BCUT2D eigenvalue weighted by molar-refractivity contribution is 6.35. The summed E-state index contributed by atoms with van der Waals surface area (Å²) in [4.78, 5) is 36.5. The van der Waals surface area contributed by atoms with Crippen LogP contribution in [-0.2, 0) is 30.3 Å². The zero-order chi connectivity index (χ0) is 19.1. The van der Waals surface area contributed by atoms with Crippen LogP contribution in [0.1, 0.15) is 18.9 Å². The Morgan fingerprint density at radius 3 is 2.77 bits per heavy atom. The van der Waals surface area contributed by atoms with E-state index in [9.17, 15) is 19.5 Å². The van der Waals surface area contributed by atoms with Gasteiger partial charge in [-0.05, 0) is 23.8 Å². The van der Waals surface area contributed by atoms with Gasteiger partial charge in [-0.15, -0.1) is 0 Å². The van der Waals surface area contributed by atoms with Gasteiger partial charge in [-0.2, -0.15) is 0 Å². The first-order valence-corrected chi connectivity index (χ1v) is 8.51. The minimum absolute atomic E-state index is 0.0492. The molecule has 0 aliphatic carbocycles. The highest BCUT2D eigenvalue weighted by Gasteiger charge is 2.64. The molecule has 9 heteroatoms. The van der Waals surface area contributed by atoms with Crippen molar-refractivity contribution < 1.29 is 29.0 Å². The second-order valence-corrected chi connectivity index (χ2v) is 6.83. The van der Waals surface area contributed by atoms with E-state index in [1.165, 1.54) is 24.0 Å². The van der Waals surface area contributed by atoms with E-state index >= 15 is 0 Å². The first-order chi connectivity index (χ1) is 12.3. The number of hydrogen-bond acceptors (Lipinski definition) is 5. The molecule has 2 atom stereocenters. The Hall–Kier alpha value is -2.25. The summed E-state index contributed by atoms with van der Waals surface area (Å²) >= 11 is 12.1. The van der Waals surface area contributed by atoms with Crippen molar-refractivity contribution in [1.82, 2.24) is 4.90 Å². The van der Waals surface area contributed by atoms with E-state index in [1.54, 1.807) is 12.1 Å². The fourth-order valence-electron chi connectivity index (χ4n) is 3.15. The third kappa shape index (κ3) is 3.01. The summed E-state index contributed by atoms with van der Waals surface area (Å²) < 4.78 is 10.5. The molecule has 0 radical (unpaired) electrons. The highest BCUT2D eigenvalue weighted by atomic mass is 35.5. The SMILES string of the molecule is CC(=O)OC/C=C1\O[C@@H]2CC(=O)N2[C@@]1(Cc1ccc(Cl)cc1Cl)C(=O)O. The number of benzene rings is 1. The van der Waals surface area contributed by atoms with Gasteiger partial charge >= 0.3 is 11.9 Å². The van der Waals surface area contributed by atoms with Gasteiger partial charge in [-0.3, -0.25) is 14.5 Å². The lowest BCUT2D eigenvalue weighted by atomic mass is 9.85. The van der Waals surface area contributed by atoms with E-state index in [1.807, 2.05) is 0 Å². The Kier molecular flexibility index (Phi) is 4.86. The Morgan fingerprint density at radius 2 is 2.19 bits per heavy atom. The molecule has 1 aromatic rings. The molecule has 1 N–H and O–H groups in total. The standard InChI is InChI=1S/C17H15Cl2NO6/c1-9(21)25-5-4-13-17(16(23)24,20-14(22)7-15(20)26-13)8-10-2-3-11(18)6-12(10)19/h2-4,6,15H,5,7-8H2,1H3,(H,23,24)/b13-4-/t15-,17-/m1/s1. The van der Waals surface area contributed by atoms with E-state index in [4.69, 9.17) is 32.7 Å². The van der Waals surface area contributed by atoms with E-state index in [2.05, 4.69) is 0 Å². The van der Waals surface area contributed by atoms with Gasteiger partial charge in [0.05, 0.1) is 6.42 Å². The lowest BCUT2D eigenvalue weighted by Gasteiger charge is -2.40. The number of carboxylic acids is 1. The number of carboxylic acid groups (broad SMARTS) is 1. The Morgan fingerprint density at radius 1 is 1.46 bits per heavy atom. The largest absolute Gasteiger partial charge is 0.479 e. The van der Waals surface area contributed by atoms with E-state index in [0.717, 1.165) is 0 Å². The summed E-state index contributed by atoms with van der Waals surface area (Å²) in [5, 5.41) is 10.7. The monoisotopic (exact) mass is 399 g/mol. The molecular formula is C17H15Cl2NO6. The van der Waals surface area contributed by atoms with Crippen molar-refractivity contribution in [3.63, 3.8) is 0 Å². The Labute approximate surface area is 159 Å². The second-order valence-electron chi connectivity index (χ2n) is 5.99. The number of esters is 1. The van der Waals surface area contributed by atoms with Crippen LogP contribution in [0.5, 0.6) is 0 Å². The summed E-state index contributed by atoms with van der Waals surface area (Å²) in [6.07, 6.45) is 0.694. The van der Waals surface area contributed by atoms with Crippen molar-refractivity contribution in [2.45, 2.75) is 31.5 Å². The van der Waals surface area contributed by atoms with E-state index < -0.39 is 23.7 Å². The van der Waals surface area contributed by atoms with Gasteiger partial charge < -0.3 is 14.6 Å². The van der Waals surface area contributed by atoms with Crippen LogP contribution in [0.3, 0.4) is 0 Å². The van der Waals surface area contributed by atoms with Gasteiger partial charge in [0.2, 0.25) is 11.4 Å². The number of ether oxygens (including phenoxy) is 2. The van der Waals surface area contributed by atoms with Crippen LogP contribution in [0, 0.1) is 0 Å². The normalized spacial score (nSPS) is 25.5. The molecule has 0 unspecified atom stereocenters. The first kappa shape index (κ1) is 18.5. The van der Waals surface area contributed by atoms with Crippen LogP contribution in [0.25, 0.3) is 0 Å². The number of β-lactam (4-membered cyclic amide) rings is 1. The number of halogens is 2. The lowest BCUT2D eigenvalue weighted by molar-refractivity contribution is -0.170. The van der Waals surface area contributed by atoms with Crippen molar-refractivity contribution >= 4 is 41.0 Å². The Bertz CT molecular complexity index is 823. The van der Waals surface area contributed by atoms with Crippen molar-refractivity contribution in [2.75, 3.05) is 6.61 Å². The third-order valence-electron chi connectivity index (χ3n) is 4.36. The number of fused-ring (bicyclic) bond motifs is 1. The topological polar surface area (TPSA) is 93.1 Å². The maximum Gasteiger partial charge on any atom is 0.338 e. The quantitative estimate of drug-likeness (QED) is 0.603. The maximum absolute atomic E-state index is 12.3. The van der Waals surface area contributed by atoms with Gasteiger partial charge in [0.25, 0.3) is 0 Å². The summed E-state index contributed by atoms with van der Waals surface area (Å²) in [5.74, 6) is -2.06. The number of nitrogens with zero attached hydrogens (tertiary/aromatic N) is 1. The van der Waals surface area contributed by atoms with Crippen LogP contribution in [0.4, 0.5) is 0 Å². The summed E-state index contributed by atoms with van der Waals surface area (Å²) in [5.41, 5.74) is -1.25. The van der Waals surface area contributed by atoms with Crippen LogP contribution in [0.15, 0.2) is 30.0 Å². The van der Waals surface area contributed by atoms with Crippen molar-refractivity contribution in [2.24, 2.45) is 0 Å². The van der Waals surface area contributed by atoms with Gasteiger partial charge in [0, 0.05) is 23.4 Å². The molecule has 138 valence electrons. The average molecular weight is 400 g/mol. The lowest BCUT2D eigenvalue weighted by Crippen LogP contribution is -2.63. The summed E-state index contributed by atoms with van der Waals surface area (Å²) in [7, 11) is 0. The van der Waals surface area contributed by atoms with Crippen LogP contribution >= 0.6 is 23.2 Å². The summed E-state index contributed by atoms with van der Waals surface area (Å²) in [6.45, 7) is 1.07. The zero-order valence-electron chi connectivity index (χ0n) is 13.7. The first-order valence-electron chi connectivity index (χ1n) is 7.76. The molecular weight excluding hydrogens is 385 g/mol. The fourth-order valence-corrected chi connectivity index (χ4v) is 3.63. The molecule has 3 rings (SSSR count). The molecule has 2 fully saturated rings. The van der Waals surface area contributed by atoms with Gasteiger partial charge in [0.15, 0.2) is 6.23 Å². The molecule has 2 saturated heterocycles. The smallest absolute Gasteiger partial charge is 0.338 e. The van der Waals surface area contributed by atoms with Gasteiger partial charge in [0.1, 0.15) is 12.4 Å². The molecule has 0 spiro atoms. The predicted molar refractivity (Wildman–Crippen MR) is 91.6 cm³/mol. The molecule has 0 bridgehead atoms. The molecule has 1 amide bonds. The van der Waals surface area contributed by atoms with Gasteiger partial charge in [-0.25, -0.2) is 4.79 Å². The second kappa shape index (κ2) is 6.81. The number of rotatable bonds is 5. The molecule has 7 nitrogen and oxygen atoms in total. The number of aliphatic carboxylic acids is 1. The molecule has 0 aromatic heterocycles. The van der Waals surface area contributed by atoms with Crippen LogP contribution < -0.4 is 0 Å². The van der Waals surface area contributed by atoms with Crippen LogP contribution in [-0.4, -0.2) is 46.2 Å². The van der Waals surface area contributed by atoms with Crippen molar-refractivity contribution in [1.29, 1.82) is 0 Å². The van der Waals surface area contributed by atoms with E-state index in [0.29, 0.717) is 10.6 Å². The molecule has 26 heavy (non-hydrogen) atoms. The number of carbonyl (C=O) groups excluding carboxylic acids is 2. The van der Waals surface area contributed by atoms with Crippen molar-refractivity contribution in [3.8, 4) is 0 Å². The minimum Gasteiger partial charge on any atom is -0.479 e.